The second kappa shape index (κ2) is 9.32. The lowest BCUT2D eigenvalue weighted by Gasteiger charge is -2.37. The Hall–Kier alpha value is -2.21. The van der Waals surface area contributed by atoms with Crippen molar-refractivity contribution in [1.82, 2.24) is 10.2 Å². The number of halogens is 1. The molecule has 0 saturated carbocycles. The van der Waals surface area contributed by atoms with E-state index in [1.54, 1.807) is 0 Å². The second-order valence-corrected chi connectivity index (χ2v) is 7.47. The maximum atomic E-state index is 12.9. The molecule has 1 aliphatic rings. The van der Waals surface area contributed by atoms with Gasteiger partial charge < -0.3 is 16.0 Å². The number of nitrogens with zero attached hydrogens (tertiary/aromatic N) is 1. The summed E-state index contributed by atoms with van der Waals surface area (Å²) in [6.07, 6.45) is 0.874. The zero-order chi connectivity index (χ0) is 19.4. The van der Waals surface area contributed by atoms with Crippen LogP contribution >= 0.6 is 12.4 Å². The third-order valence-electron chi connectivity index (χ3n) is 5.41. The van der Waals surface area contributed by atoms with Gasteiger partial charge in [-0.05, 0) is 50.7 Å². The van der Waals surface area contributed by atoms with Crippen LogP contribution in [-0.4, -0.2) is 50.3 Å². The summed E-state index contributed by atoms with van der Waals surface area (Å²) in [5.74, 6) is -0.228. The molecule has 2 unspecified atom stereocenters. The summed E-state index contributed by atoms with van der Waals surface area (Å²) in [5.41, 5.74) is 7.52. The molecule has 2 atom stereocenters. The van der Waals surface area contributed by atoms with Crippen LogP contribution in [0, 0.1) is 5.92 Å². The Labute approximate surface area is 172 Å². The van der Waals surface area contributed by atoms with Crippen molar-refractivity contribution in [2.45, 2.75) is 11.8 Å². The van der Waals surface area contributed by atoms with Crippen molar-refractivity contribution >= 4 is 24.1 Å². The molecule has 1 aliphatic heterocycles. The predicted molar refractivity (Wildman–Crippen MR) is 114 cm³/mol. The first-order valence-corrected chi connectivity index (χ1v) is 9.31. The summed E-state index contributed by atoms with van der Waals surface area (Å²) in [7, 11) is 3.74. The molecule has 2 aromatic rings. The Morgan fingerprint density at radius 1 is 1.07 bits per heavy atom. The monoisotopic (exact) mass is 401 g/mol. The van der Waals surface area contributed by atoms with E-state index in [9.17, 15) is 9.59 Å². The summed E-state index contributed by atoms with van der Waals surface area (Å²) < 4.78 is 0. The van der Waals surface area contributed by atoms with E-state index < -0.39 is 5.41 Å². The van der Waals surface area contributed by atoms with Crippen LogP contribution in [0.25, 0.3) is 0 Å². The lowest BCUT2D eigenvalue weighted by Crippen LogP contribution is -2.49. The second-order valence-electron chi connectivity index (χ2n) is 7.47. The summed E-state index contributed by atoms with van der Waals surface area (Å²) in [6.45, 7) is 1.95. The van der Waals surface area contributed by atoms with Gasteiger partial charge >= 0.3 is 0 Å². The first-order chi connectivity index (χ1) is 13.0. The average molecular weight is 402 g/mol. The highest BCUT2D eigenvalue weighted by Gasteiger charge is 2.48. The number of nitrogens with one attached hydrogen (secondary N) is 1. The molecule has 1 heterocycles. The van der Waals surface area contributed by atoms with Crippen molar-refractivity contribution in [2.24, 2.45) is 11.7 Å². The average Bonchev–Trinajstić information content (AvgIpc) is 3.18. The molecule has 1 fully saturated rings. The molecule has 0 aliphatic carbocycles. The number of rotatable bonds is 7. The minimum absolute atomic E-state index is 0. The van der Waals surface area contributed by atoms with Gasteiger partial charge in [0.2, 0.25) is 5.91 Å². The normalized spacial score (nSPS) is 18.3. The number of likely N-dealkylation sites (N-methyl/N-ethyl adjacent to an activating group) is 1. The zero-order valence-electron chi connectivity index (χ0n) is 16.4. The SMILES string of the molecule is CN(C)CC(=O)c1ccc(C(C(N)=O)(c2ccccc2)C2CCNC2)cc1.Cl. The molecule has 0 radical (unpaired) electrons. The minimum Gasteiger partial charge on any atom is -0.369 e. The number of primary amides is 1. The quantitative estimate of drug-likeness (QED) is 0.697. The van der Waals surface area contributed by atoms with Crippen LogP contribution < -0.4 is 11.1 Å². The van der Waals surface area contributed by atoms with Gasteiger partial charge in [-0.3, -0.25) is 9.59 Å². The molecule has 1 amide bonds. The Bertz CT molecular complexity index is 802. The Morgan fingerprint density at radius 2 is 1.68 bits per heavy atom. The van der Waals surface area contributed by atoms with E-state index in [-0.39, 0.29) is 30.0 Å². The first kappa shape index (κ1) is 22.1. The number of hydrogen-bond acceptors (Lipinski definition) is 4. The highest BCUT2D eigenvalue weighted by Crippen LogP contribution is 2.42. The molecule has 6 heteroatoms. The third kappa shape index (κ3) is 4.12. The van der Waals surface area contributed by atoms with Crippen molar-refractivity contribution in [1.29, 1.82) is 0 Å². The van der Waals surface area contributed by atoms with Gasteiger partial charge in [-0.25, -0.2) is 0 Å². The lowest BCUT2D eigenvalue weighted by molar-refractivity contribution is -0.123. The van der Waals surface area contributed by atoms with Gasteiger partial charge in [0.15, 0.2) is 5.78 Å². The predicted octanol–water partition coefficient (Wildman–Crippen LogP) is 2.23. The molecule has 0 bridgehead atoms. The maximum absolute atomic E-state index is 12.9. The standard InChI is InChI=1S/C22H27N3O2.ClH/c1-25(2)15-20(26)16-8-10-18(11-9-16)22(21(23)27,19-12-13-24-14-19)17-6-4-3-5-7-17;/h3-11,19,24H,12-15H2,1-2H3,(H2,23,27);1H. The summed E-state index contributed by atoms with van der Waals surface area (Å²) in [5, 5.41) is 3.36. The number of carbonyl (C=O) groups is 2. The fraction of sp³-hybridized carbons (Fsp3) is 0.364. The molecule has 28 heavy (non-hydrogen) atoms. The Morgan fingerprint density at radius 3 is 2.18 bits per heavy atom. The summed E-state index contributed by atoms with van der Waals surface area (Å²) in [4.78, 5) is 27.1. The number of amides is 1. The fourth-order valence-corrected chi connectivity index (χ4v) is 4.15. The third-order valence-corrected chi connectivity index (χ3v) is 5.41. The van der Waals surface area contributed by atoms with Crippen molar-refractivity contribution in [3.63, 3.8) is 0 Å². The van der Waals surface area contributed by atoms with Crippen LogP contribution in [0.3, 0.4) is 0 Å². The lowest BCUT2D eigenvalue weighted by atomic mass is 9.64. The van der Waals surface area contributed by atoms with E-state index in [1.807, 2.05) is 73.6 Å². The molecule has 0 spiro atoms. The molecular formula is C22H28ClN3O2. The van der Waals surface area contributed by atoms with E-state index in [0.717, 1.165) is 30.6 Å². The fourth-order valence-electron chi connectivity index (χ4n) is 4.15. The Balaban J connectivity index is 0.00000280. The Kier molecular flexibility index (Phi) is 7.35. The minimum atomic E-state index is -0.909. The van der Waals surface area contributed by atoms with Crippen molar-refractivity contribution in [3.8, 4) is 0 Å². The van der Waals surface area contributed by atoms with Gasteiger partial charge in [0.05, 0.1) is 6.54 Å². The molecule has 1 saturated heterocycles. The van der Waals surface area contributed by atoms with Gasteiger partial charge in [0, 0.05) is 5.56 Å². The number of hydrogen-bond donors (Lipinski definition) is 2. The summed E-state index contributed by atoms with van der Waals surface area (Å²) >= 11 is 0. The van der Waals surface area contributed by atoms with Crippen molar-refractivity contribution in [2.75, 3.05) is 33.7 Å². The van der Waals surface area contributed by atoms with Crippen LogP contribution in [0.4, 0.5) is 0 Å². The van der Waals surface area contributed by atoms with Crippen molar-refractivity contribution in [3.05, 3.63) is 71.3 Å². The number of carbonyl (C=O) groups excluding carboxylic acids is 2. The largest absolute Gasteiger partial charge is 0.369 e. The molecular weight excluding hydrogens is 374 g/mol. The summed E-state index contributed by atoms with van der Waals surface area (Å²) in [6, 6.07) is 17.1. The molecule has 0 aromatic heterocycles. The van der Waals surface area contributed by atoms with Gasteiger partial charge in [0.25, 0.3) is 0 Å². The molecule has 2 aromatic carbocycles. The van der Waals surface area contributed by atoms with Crippen molar-refractivity contribution < 1.29 is 9.59 Å². The van der Waals surface area contributed by atoms with Crippen LogP contribution in [-0.2, 0) is 10.2 Å². The van der Waals surface area contributed by atoms with E-state index in [0.29, 0.717) is 12.1 Å². The maximum Gasteiger partial charge on any atom is 0.232 e. The zero-order valence-corrected chi connectivity index (χ0v) is 17.2. The first-order valence-electron chi connectivity index (χ1n) is 9.31. The van der Waals surface area contributed by atoms with Crippen LogP contribution in [0.5, 0.6) is 0 Å². The van der Waals surface area contributed by atoms with E-state index in [1.165, 1.54) is 0 Å². The highest BCUT2D eigenvalue weighted by atomic mass is 35.5. The number of Topliss-reactive ketones (excluding diaryl/α,β-unsaturated/α-hetero) is 1. The molecule has 3 rings (SSSR count). The van der Waals surface area contributed by atoms with Crippen LogP contribution in [0.1, 0.15) is 27.9 Å². The van der Waals surface area contributed by atoms with Gasteiger partial charge in [-0.15, -0.1) is 12.4 Å². The van der Waals surface area contributed by atoms with E-state index in [4.69, 9.17) is 5.73 Å². The molecule has 150 valence electrons. The number of nitrogens with two attached hydrogens (primary N) is 1. The number of ketones is 1. The van der Waals surface area contributed by atoms with E-state index in [2.05, 4.69) is 5.32 Å². The molecule has 5 nitrogen and oxygen atoms in total. The van der Waals surface area contributed by atoms with E-state index >= 15 is 0 Å². The van der Waals surface area contributed by atoms with Crippen LogP contribution in [0.15, 0.2) is 54.6 Å². The smallest absolute Gasteiger partial charge is 0.232 e. The van der Waals surface area contributed by atoms with Gasteiger partial charge in [-0.1, -0.05) is 54.6 Å². The van der Waals surface area contributed by atoms with Gasteiger partial charge in [-0.2, -0.15) is 0 Å². The van der Waals surface area contributed by atoms with Crippen LogP contribution in [0.2, 0.25) is 0 Å². The van der Waals surface area contributed by atoms with Gasteiger partial charge in [0.1, 0.15) is 5.41 Å². The highest BCUT2D eigenvalue weighted by molar-refractivity contribution is 5.98. The molecule has 3 N–H and O–H groups in total. The number of benzene rings is 2. The topological polar surface area (TPSA) is 75.4 Å².